The topological polar surface area (TPSA) is 90.6 Å². The molecule has 1 rings (SSSR count). The Morgan fingerprint density at radius 1 is 1.32 bits per heavy atom. The van der Waals surface area contributed by atoms with Crippen molar-refractivity contribution in [2.45, 2.75) is 0 Å². The number of hydrogen-bond acceptors (Lipinski definition) is 4. The summed E-state index contributed by atoms with van der Waals surface area (Å²) in [7, 11) is 3.08. The molecule has 0 aliphatic carbocycles. The van der Waals surface area contributed by atoms with Gasteiger partial charge in [0.2, 0.25) is 11.8 Å². The maximum atomic E-state index is 11.4. The summed E-state index contributed by atoms with van der Waals surface area (Å²) in [6.07, 6.45) is 2.88. The van der Waals surface area contributed by atoms with Crippen LogP contribution in [0.15, 0.2) is 24.3 Å². The van der Waals surface area contributed by atoms with Gasteiger partial charge in [-0.25, -0.2) is 0 Å². The van der Waals surface area contributed by atoms with Crippen LogP contribution in [0.3, 0.4) is 0 Å². The molecule has 0 bridgehead atoms. The van der Waals surface area contributed by atoms with E-state index >= 15 is 0 Å². The molecule has 1 aromatic carbocycles. The average Bonchev–Trinajstić information content (AvgIpc) is 2.42. The van der Waals surface area contributed by atoms with E-state index < -0.39 is 11.8 Å². The fourth-order valence-electron chi connectivity index (χ4n) is 1.35. The van der Waals surface area contributed by atoms with Gasteiger partial charge < -0.3 is 20.5 Å². The predicted molar refractivity (Wildman–Crippen MR) is 70.8 cm³/mol. The second-order valence-corrected chi connectivity index (χ2v) is 3.63. The number of carbonyl (C=O) groups is 2. The van der Waals surface area contributed by atoms with Crippen molar-refractivity contribution in [3.63, 3.8) is 0 Å². The van der Waals surface area contributed by atoms with Crippen molar-refractivity contribution in [3.8, 4) is 11.5 Å². The first kappa shape index (κ1) is 14.6. The summed E-state index contributed by atoms with van der Waals surface area (Å²) in [4.78, 5) is 21.9. The third-order valence-corrected chi connectivity index (χ3v) is 2.29. The summed E-state index contributed by atoms with van der Waals surface area (Å²) >= 11 is 0. The number of primary amides is 1. The third kappa shape index (κ3) is 4.71. The first-order valence-corrected chi connectivity index (χ1v) is 5.53. The van der Waals surface area contributed by atoms with Gasteiger partial charge in [0.25, 0.3) is 0 Å². The van der Waals surface area contributed by atoms with Gasteiger partial charge in [0.05, 0.1) is 20.8 Å². The van der Waals surface area contributed by atoms with E-state index in [0.717, 1.165) is 5.56 Å². The number of nitrogens with two attached hydrogens (primary N) is 1. The fraction of sp³-hybridized carbons (Fsp3) is 0.231. The molecule has 0 heterocycles. The van der Waals surface area contributed by atoms with Crippen LogP contribution in [0.1, 0.15) is 5.56 Å². The highest BCUT2D eigenvalue weighted by molar-refractivity contribution is 5.94. The van der Waals surface area contributed by atoms with Crippen molar-refractivity contribution < 1.29 is 19.1 Å². The number of methoxy groups -OCH3 is 2. The maximum Gasteiger partial charge on any atom is 0.244 e. The minimum Gasteiger partial charge on any atom is -0.497 e. The third-order valence-electron chi connectivity index (χ3n) is 2.29. The fourth-order valence-corrected chi connectivity index (χ4v) is 1.35. The Kier molecular flexibility index (Phi) is 5.40. The Bertz CT molecular complexity index is 497. The van der Waals surface area contributed by atoms with Gasteiger partial charge in [-0.2, -0.15) is 0 Å². The van der Waals surface area contributed by atoms with Crippen LogP contribution in [0.4, 0.5) is 0 Å². The zero-order valence-corrected chi connectivity index (χ0v) is 10.8. The summed E-state index contributed by atoms with van der Waals surface area (Å²) in [5.41, 5.74) is 5.63. The molecule has 1 aromatic rings. The quantitative estimate of drug-likeness (QED) is 0.724. The smallest absolute Gasteiger partial charge is 0.244 e. The molecule has 0 saturated heterocycles. The first-order chi connectivity index (χ1) is 9.06. The monoisotopic (exact) mass is 264 g/mol. The second kappa shape index (κ2) is 7.05. The van der Waals surface area contributed by atoms with Gasteiger partial charge in [-0.3, -0.25) is 9.59 Å². The predicted octanol–water partition coefficient (Wildman–Crippen LogP) is 0.318. The number of amides is 2. The van der Waals surface area contributed by atoms with Gasteiger partial charge in [-0.05, 0) is 18.2 Å². The van der Waals surface area contributed by atoms with E-state index in [1.165, 1.54) is 13.2 Å². The maximum absolute atomic E-state index is 11.4. The van der Waals surface area contributed by atoms with E-state index in [-0.39, 0.29) is 6.54 Å². The van der Waals surface area contributed by atoms with Crippen LogP contribution >= 0.6 is 0 Å². The molecule has 3 N–H and O–H groups in total. The van der Waals surface area contributed by atoms with Gasteiger partial charge in [0.1, 0.15) is 11.5 Å². The SMILES string of the molecule is COc1ccc(/C=C/C(=O)NCC(N)=O)c(OC)c1. The normalized spacial score (nSPS) is 10.2. The highest BCUT2D eigenvalue weighted by atomic mass is 16.5. The number of hydrogen-bond donors (Lipinski definition) is 2. The van der Waals surface area contributed by atoms with Crippen LogP contribution in [0.2, 0.25) is 0 Å². The van der Waals surface area contributed by atoms with Crippen molar-refractivity contribution in [2.75, 3.05) is 20.8 Å². The zero-order chi connectivity index (χ0) is 14.3. The molecule has 0 aromatic heterocycles. The first-order valence-electron chi connectivity index (χ1n) is 5.53. The highest BCUT2D eigenvalue weighted by Crippen LogP contribution is 2.25. The molecule has 6 nitrogen and oxygen atoms in total. The lowest BCUT2D eigenvalue weighted by Crippen LogP contribution is -2.32. The molecule has 0 aliphatic rings. The minimum atomic E-state index is -0.594. The average molecular weight is 264 g/mol. The molecule has 2 amide bonds. The standard InChI is InChI=1S/C13H16N2O4/c1-18-10-5-3-9(11(7-10)19-2)4-6-13(17)15-8-12(14)16/h3-7H,8H2,1-2H3,(H2,14,16)(H,15,17)/b6-4+. The Labute approximate surface area is 111 Å². The number of rotatable bonds is 6. The molecular formula is C13H16N2O4. The molecule has 0 spiro atoms. The van der Waals surface area contributed by atoms with Crippen LogP contribution in [0.5, 0.6) is 11.5 Å². The largest absolute Gasteiger partial charge is 0.497 e. The zero-order valence-electron chi connectivity index (χ0n) is 10.8. The van der Waals surface area contributed by atoms with Crippen LogP contribution in [-0.4, -0.2) is 32.6 Å². The van der Waals surface area contributed by atoms with Crippen LogP contribution in [0, 0.1) is 0 Å². The Balaban J connectivity index is 2.75. The van der Waals surface area contributed by atoms with Crippen molar-refractivity contribution in [1.82, 2.24) is 5.32 Å². The summed E-state index contributed by atoms with van der Waals surface area (Å²) in [6, 6.07) is 5.22. The van der Waals surface area contributed by atoms with Gasteiger partial charge in [0, 0.05) is 17.7 Å². The van der Waals surface area contributed by atoms with Gasteiger partial charge in [-0.1, -0.05) is 0 Å². The summed E-state index contributed by atoms with van der Waals surface area (Å²) in [5.74, 6) is 0.242. The lowest BCUT2D eigenvalue weighted by molar-refractivity contribution is -0.122. The van der Waals surface area contributed by atoms with E-state index in [1.54, 1.807) is 31.4 Å². The lowest BCUT2D eigenvalue weighted by atomic mass is 10.1. The van der Waals surface area contributed by atoms with E-state index in [2.05, 4.69) is 5.32 Å². The lowest BCUT2D eigenvalue weighted by Gasteiger charge is -2.07. The summed E-state index contributed by atoms with van der Waals surface area (Å²) < 4.78 is 10.2. The van der Waals surface area contributed by atoms with Crippen LogP contribution < -0.4 is 20.5 Å². The molecule has 0 unspecified atom stereocenters. The van der Waals surface area contributed by atoms with E-state index in [1.807, 2.05) is 0 Å². The van der Waals surface area contributed by atoms with E-state index in [0.29, 0.717) is 11.5 Å². The molecule has 0 atom stereocenters. The Morgan fingerprint density at radius 3 is 2.63 bits per heavy atom. The molecular weight excluding hydrogens is 248 g/mol. The van der Waals surface area contributed by atoms with Crippen molar-refractivity contribution >= 4 is 17.9 Å². The molecule has 0 aliphatic heterocycles. The van der Waals surface area contributed by atoms with Gasteiger partial charge in [-0.15, -0.1) is 0 Å². The number of ether oxygens (including phenoxy) is 2. The number of nitrogens with one attached hydrogen (secondary N) is 1. The van der Waals surface area contributed by atoms with Gasteiger partial charge in [0.15, 0.2) is 0 Å². The molecule has 102 valence electrons. The molecule has 0 saturated carbocycles. The van der Waals surface area contributed by atoms with Gasteiger partial charge >= 0.3 is 0 Å². The van der Waals surface area contributed by atoms with Crippen molar-refractivity contribution in [3.05, 3.63) is 29.8 Å². The molecule has 6 heteroatoms. The Hall–Kier alpha value is -2.50. The molecule has 19 heavy (non-hydrogen) atoms. The van der Waals surface area contributed by atoms with Crippen LogP contribution in [0.25, 0.3) is 6.08 Å². The Morgan fingerprint density at radius 2 is 2.05 bits per heavy atom. The summed E-state index contributed by atoms with van der Waals surface area (Å²) in [5, 5.41) is 2.35. The highest BCUT2D eigenvalue weighted by Gasteiger charge is 2.03. The second-order valence-electron chi connectivity index (χ2n) is 3.63. The number of benzene rings is 1. The minimum absolute atomic E-state index is 0.192. The van der Waals surface area contributed by atoms with E-state index in [4.69, 9.17) is 15.2 Å². The van der Waals surface area contributed by atoms with Crippen LogP contribution in [-0.2, 0) is 9.59 Å². The molecule has 0 radical (unpaired) electrons. The molecule has 0 fully saturated rings. The van der Waals surface area contributed by atoms with Crippen molar-refractivity contribution in [2.24, 2.45) is 5.73 Å². The number of carbonyl (C=O) groups excluding carboxylic acids is 2. The summed E-state index contributed by atoms with van der Waals surface area (Å²) in [6.45, 7) is -0.192. The van der Waals surface area contributed by atoms with Crippen molar-refractivity contribution in [1.29, 1.82) is 0 Å². The van der Waals surface area contributed by atoms with E-state index in [9.17, 15) is 9.59 Å².